The number of halogens is 1. The van der Waals surface area contributed by atoms with Gasteiger partial charge in [-0.05, 0) is 25.1 Å². The van der Waals surface area contributed by atoms with Crippen molar-refractivity contribution in [1.29, 1.82) is 0 Å². The molecule has 0 aliphatic heterocycles. The number of hydrazine groups is 2. The van der Waals surface area contributed by atoms with E-state index in [0.717, 1.165) is 11.4 Å². The Balaban J connectivity index is 1.65. The molecule has 2 heterocycles. The number of nitrogens with zero attached hydrogens (tertiary/aromatic N) is 5. The number of hydrogen-bond donors (Lipinski definition) is 3. The number of carbonyl (C=O) groups excluding carboxylic acids is 1. The molecule has 0 unspecified atom stereocenters. The number of rotatable bonds is 5. The quantitative estimate of drug-likeness (QED) is 0.599. The summed E-state index contributed by atoms with van der Waals surface area (Å²) in [6.07, 6.45) is 1.70. The Morgan fingerprint density at radius 2 is 2.20 bits per heavy atom. The Kier molecular flexibility index (Phi) is 4.68. The van der Waals surface area contributed by atoms with Gasteiger partial charge >= 0.3 is 0 Å². The van der Waals surface area contributed by atoms with Crippen LogP contribution in [0.2, 0.25) is 5.02 Å². The van der Waals surface area contributed by atoms with Crippen molar-refractivity contribution in [1.82, 2.24) is 35.3 Å². The molecule has 130 valence electrons. The van der Waals surface area contributed by atoms with Crippen molar-refractivity contribution in [2.45, 2.75) is 6.92 Å². The first-order valence-corrected chi connectivity index (χ1v) is 7.79. The largest absolute Gasteiger partial charge is 0.331 e. The van der Waals surface area contributed by atoms with Gasteiger partial charge < -0.3 is 4.57 Å². The fourth-order valence-corrected chi connectivity index (χ4v) is 2.50. The summed E-state index contributed by atoms with van der Waals surface area (Å²) < 4.78 is 1.85. The molecular formula is C15H17ClN8O. The molecule has 0 saturated carbocycles. The van der Waals surface area contributed by atoms with Gasteiger partial charge in [0.1, 0.15) is 5.69 Å². The molecule has 0 bridgehead atoms. The molecule has 1 amide bonds. The van der Waals surface area contributed by atoms with Gasteiger partial charge in [0.25, 0.3) is 11.9 Å². The van der Waals surface area contributed by atoms with Gasteiger partial charge in [0.2, 0.25) is 0 Å². The maximum Gasteiger partial charge on any atom is 0.269 e. The van der Waals surface area contributed by atoms with Crippen molar-refractivity contribution in [3.8, 4) is 11.5 Å². The molecule has 1 aromatic carbocycles. The minimum absolute atomic E-state index is 0.256. The monoisotopic (exact) mass is 360 g/mol. The van der Waals surface area contributed by atoms with Crippen LogP contribution in [0.5, 0.6) is 0 Å². The lowest BCUT2D eigenvalue weighted by Gasteiger charge is -2.18. The Morgan fingerprint density at radius 3 is 2.88 bits per heavy atom. The highest BCUT2D eigenvalue weighted by Gasteiger charge is 2.14. The third-order valence-corrected chi connectivity index (χ3v) is 3.78. The zero-order valence-electron chi connectivity index (χ0n) is 13.9. The van der Waals surface area contributed by atoms with Crippen LogP contribution in [0.3, 0.4) is 0 Å². The zero-order chi connectivity index (χ0) is 18.0. The Labute approximate surface area is 149 Å². The third-order valence-electron chi connectivity index (χ3n) is 3.54. The van der Waals surface area contributed by atoms with Crippen LogP contribution in [0.15, 0.2) is 30.6 Å². The van der Waals surface area contributed by atoms with Crippen molar-refractivity contribution < 1.29 is 4.79 Å². The SMILES string of the molecule is Cc1ncn(C)c1-c1nc(NNN(C)C(=O)c2cccc(Cl)c2)n[nH]1. The number of aromatic amines is 1. The minimum Gasteiger partial charge on any atom is -0.331 e. The summed E-state index contributed by atoms with van der Waals surface area (Å²) in [7, 11) is 3.45. The molecule has 0 aliphatic rings. The summed E-state index contributed by atoms with van der Waals surface area (Å²) in [5.74, 6) is 0.611. The lowest BCUT2D eigenvalue weighted by Crippen LogP contribution is -2.43. The number of aryl methyl sites for hydroxylation is 2. The van der Waals surface area contributed by atoms with E-state index in [2.05, 4.69) is 31.1 Å². The Hall–Kier alpha value is -2.91. The van der Waals surface area contributed by atoms with Crippen molar-refractivity contribution in [2.24, 2.45) is 7.05 Å². The first kappa shape index (κ1) is 16.9. The van der Waals surface area contributed by atoms with Gasteiger partial charge in [-0.1, -0.05) is 17.7 Å². The van der Waals surface area contributed by atoms with Crippen LogP contribution in [0, 0.1) is 6.92 Å². The number of imidazole rings is 1. The zero-order valence-corrected chi connectivity index (χ0v) is 14.7. The maximum atomic E-state index is 12.3. The number of nitrogens with one attached hydrogen (secondary N) is 3. The van der Waals surface area contributed by atoms with Crippen LogP contribution in [0.25, 0.3) is 11.5 Å². The molecular weight excluding hydrogens is 344 g/mol. The van der Waals surface area contributed by atoms with Gasteiger partial charge in [-0.2, -0.15) is 4.98 Å². The number of benzene rings is 1. The number of hydrogen-bond acceptors (Lipinski definition) is 6. The maximum absolute atomic E-state index is 12.3. The highest BCUT2D eigenvalue weighted by Crippen LogP contribution is 2.18. The van der Waals surface area contributed by atoms with Gasteiger partial charge in [0, 0.05) is 24.7 Å². The van der Waals surface area contributed by atoms with E-state index in [9.17, 15) is 4.79 Å². The van der Waals surface area contributed by atoms with E-state index >= 15 is 0 Å². The number of H-pyrrole nitrogens is 1. The highest BCUT2D eigenvalue weighted by atomic mass is 35.5. The molecule has 9 nitrogen and oxygen atoms in total. The van der Waals surface area contributed by atoms with Crippen molar-refractivity contribution >= 4 is 23.5 Å². The first-order valence-electron chi connectivity index (χ1n) is 7.41. The average Bonchev–Trinajstić information content (AvgIpc) is 3.18. The van der Waals surface area contributed by atoms with Crippen molar-refractivity contribution in [3.63, 3.8) is 0 Å². The first-order chi connectivity index (χ1) is 12.0. The number of aromatic nitrogens is 5. The fraction of sp³-hybridized carbons (Fsp3) is 0.200. The second-order valence-corrected chi connectivity index (χ2v) is 5.84. The predicted octanol–water partition coefficient (Wildman–Crippen LogP) is 1.77. The molecule has 10 heteroatoms. The van der Waals surface area contributed by atoms with E-state index in [1.54, 1.807) is 37.6 Å². The second kappa shape index (κ2) is 6.91. The molecule has 0 spiro atoms. The molecule has 0 radical (unpaired) electrons. The Morgan fingerprint density at radius 1 is 1.40 bits per heavy atom. The number of carbonyl (C=O) groups is 1. The molecule has 2 aromatic heterocycles. The molecule has 0 aliphatic carbocycles. The molecule has 3 aromatic rings. The lowest BCUT2D eigenvalue weighted by molar-refractivity contribution is 0.0733. The second-order valence-electron chi connectivity index (χ2n) is 5.41. The highest BCUT2D eigenvalue weighted by molar-refractivity contribution is 6.30. The van der Waals surface area contributed by atoms with Gasteiger partial charge in [-0.3, -0.25) is 20.3 Å². The summed E-state index contributed by atoms with van der Waals surface area (Å²) in [6.45, 7) is 1.89. The van der Waals surface area contributed by atoms with E-state index in [1.165, 1.54) is 5.01 Å². The molecule has 3 rings (SSSR count). The summed E-state index contributed by atoms with van der Waals surface area (Å²) >= 11 is 5.91. The van der Waals surface area contributed by atoms with Crippen molar-refractivity contribution in [2.75, 3.05) is 12.5 Å². The van der Waals surface area contributed by atoms with Crippen LogP contribution in [-0.4, -0.2) is 42.7 Å². The summed E-state index contributed by atoms with van der Waals surface area (Å²) in [4.78, 5) is 20.9. The summed E-state index contributed by atoms with van der Waals surface area (Å²) in [6, 6.07) is 6.70. The van der Waals surface area contributed by atoms with Gasteiger partial charge in [-0.15, -0.1) is 10.6 Å². The number of anilines is 1. The smallest absolute Gasteiger partial charge is 0.269 e. The lowest BCUT2D eigenvalue weighted by atomic mass is 10.2. The molecule has 0 atom stereocenters. The molecule has 25 heavy (non-hydrogen) atoms. The standard InChI is InChI=1S/C15H17ClN8O/c1-9-12(23(2)8-17-9)13-18-15(20-19-13)21-22-24(3)14(25)10-5-4-6-11(16)7-10/h4-8,22H,1-3H3,(H2,18,19,20,21). The number of amides is 1. The normalized spacial score (nSPS) is 10.7. The van der Waals surface area contributed by atoms with Gasteiger partial charge in [-0.25, -0.2) is 4.98 Å². The van der Waals surface area contributed by atoms with Crippen LogP contribution in [0.1, 0.15) is 16.1 Å². The molecule has 0 fully saturated rings. The van der Waals surface area contributed by atoms with E-state index in [0.29, 0.717) is 22.4 Å². The minimum atomic E-state index is -0.256. The topological polar surface area (TPSA) is 104 Å². The van der Waals surface area contributed by atoms with Crippen LogP contribution in [-0.2, 0) is 7.05 Å². The van der Waals surface area contributed by atoms with Crippen LogP contribution >= 0.6 is 11.6 Å². The fourth-order valence-electron chi connectivity index (χ4n) is 2.31. The molecule has 3 N–H and O–H groups in total. The predicted molar refractivity (Wildman–Crippen MR) is 93.6 cm³/mol. The van der Waals surface area contributed by atoms with Gasteiger partial charge in [0.05, 0.1) is 12.0 Å². The molecule has 0 saturated heterocycles. The van der Waals surface area contributed by atoms with Crippen molar-refractivity contribution in [3.05, 3.63) is 46.9 Å². The van der Waals surface area contributed by atoms with Gasteiger partial charge in [0.15, 0.2) is 5.82 Å². The Bertz CT molecular complexity index is 883. The van der Waals surface area contributed by atoms with E-state index in [4.69, 9.17) is 11.6 Å². The van der Waals surface area contributed by atoms with Crippen LogP contribution in [0.4, 0.5) is 5.95 Å². The average molecular weight is 361 g/mol. The van der Waals surface area contributed by atoms with E-state index in [-0.39, 0.29) is 5.91 Å². The summed E-state index contributed by atoms with van der Waals surface area (Å²) in [5, 5.41) is 8.67. The third kappa shape index (κ3) is 3.62. The summed E-state index contributed by atoms with van der Waals surface area (Å²) in [5.41, 5.74) is 7.64. The van der Waals surface area contributed by atoms with E-state index in [1.807, 2.05) is 18.5 Å². The van der Waals surface area contributed by atoms with E-state index < -0.39 is 0 Å². The van der Waals surface area contributed by atoms with Crippen LogP contribution < -0.4 is 11.0 Å².